The lowest BCUT2D eigenvalue weighted by molar-refractivity contribution is 0.587. The summed E-state index contributed by atoms with van der Waals surface area (Å²) in [5.41, 5.74) is 1.36. The quantitative estimate of drug-likeness (QED) is 0.786. The molecule has 0 aromatic heterocycles. The molecule has 1 fully saturated rings. The Morgan fingerprint density at radius 1 is 1.24 bits per heavy atom. The summed E-state index contributed by atoms with van der Waals surface area (Å²) < 4.78 is 3.88. The molecule has 1 unspecified atom stereocenters. The van der Waals surface area contributed by atoms with E-state index in [4.69, 9.17) is 11.6 Å². The Bertz CT molecular complexity index is 365. The molecule has 17 heavy (non-hydrogen) atoms. The minimum absolute atomic E-state index is 0.250. The predicted molar refractivity (Wildman–Crippen MR) is 77.4 cm³/mol. The van der Waals surface area contributed by atoms with Crippen LogP contribution in [0.15, 0.2) is 24.3 Å². The van der Waals surface area contributed by atoms with E-state index in [0.717, 1.165) is 10.9 Å². The molecule has 0 radical (unpaired) electrons. The molecule has 94 valence electrons. The Labute approximate surface area is 113 Å². The van der Waals surface area contributed by atoms with Gasteiger partial charge in [-0.3, -0.25) is 4.72 Å². The van der Waals surface area contributed by atoms with Gasteiger partial charge >= 0.3 is 0 Å². The second kappa shape index (κ2) is 5.21. The maximum absolute atomic E-state index is 5.94. The standard InChI is InChI=1S/C14H20ClNS/c1-14(2,3)17-16-13(10-4-5-10)11-6-8-12(15)9-7-11/h6-10,13,16H,4-5H2,1-3H3. The van der Waals surface area contributed by atoms with Gasteiger partial charge in [-0.05, 0) is 57.2 Å². The van der Waals surface area contributed by atoms with Gasteiger partial charge < -0.3 is 0 Å². The Kier molecular flexibility index (Phi) is 4.06. The van der Waals surface area contributed by atoms with Crippen molar-refractivity contribution in [2.24, 2.45) is 5.92 Å². The Morgan fingerprint density at radius 3 is 2.29 bits per heavy atom. The molecule has 1 aromatic rings. The number of hydrogen-bond acceptors (Lipinski definition) is 2. The van der Waals surface area contributed by atoms with Crippen LogP contribution in [0.4, 0.5) is 0 Å². The number of benzene rings is 1. The van der Waals surface area contributed by atoms with Crippen LogP contribution in [0.2, 0.25) is 5.02 Å². The molecule has 2 rings (SSSR count). The van der Waals surface area contributed by atoms with Gasteiger partial charge in [0, 0.05) is 15.8 Å². The predicted octanol–water partition coefficient (Wildman–Crippen LogP) is 4.83. The summed E-state index contributed by atoms with van der Waals surface area (Å²) in [6.07, 6.45) is 2.68. The van der Waals surface area contributed by atoms with Gasteiger partial charge in [0.05, 0.1) is 0 Å². The second-order valence-electron chi connectivity index (χ2n) is 5.70. The molecule has 0 amide bonds. The fourth-order valence-corrected chi connectivity index (χ4v) is 2.71. The summed E-state index contributed by atoms with van der Waals surface area (Å²) in [6.45, 7) is 6.70. The smallest absolute Gasteiger partial charge is 0.0449 e. The van der Waals surface area contributed by atoms with Gasteiger partial charge in [-0.2, -0.15) is 0 Å². The number of halogens is 1. The zero-order valence-electron chi connectivity index (χ0n) is 10.7. The highest BCUT2D eigenvalue weighted by molar-refractivity contribution is 7.98. The third kappa shape index (κ3) is 4.20. The van der Waals surface area contributed by atoms with Crippen molar-refractivity contribution in [3.8, 4) is 0 Å². The van der Waals surface area contributed by atoms with E-state index in [0.29, 0.717) is 6.04 Å². The molecular formula is C14H20ClNS. The van der Waals surface area contributed by atoms with Gasteiger partial charge in [0.15, 0.2) is 0 Å². The zero-order chi connectivity index (χ0) is 12.5. The molecule has 0 saturated heterocycles. The first-order valence-corrected chi connectivity index (χ1v) is 7.34. The third-order valence-electron chi connectivity index (χ3n) is 2.81. The van der Waals surface area contributed by atoms with Crippen LogP contribution in [-0.4, -0.2) is 4.75 Å². The number of rotatable bonds is 4. The summed E-state index contributed by atoms with van der Waals surface area (Å²) in [5, 5.41) is 0.812. The molecule has 0 heterocycles. The molecule has 1 aromatic carbocycles. The summed E-state index contributed by atoms with van der Waals surface area (Å²) in [6, 6.07) is 8.71. The first-order chi connectivity index (χ1) is 7.96. The van der Waals surface area contributed by atoms with Gasteiger partial charge in [0.1, 0.15) is 0 Å². The van der Waals surface area contributed by atoms with Crippen LogP contribution < -0.4 is 4.72 Å². The first-order valence-electron chi connectivity index (χ1n) is 6.15. The Hall–Kier alpha value is -0.180. The largest absolute Gasteiger partial charge is 0.256 e. The van der Waals surface area contributed by atoms with Crippen molar-refractivity contribution in [2.75, 3.05) is 0 Å². The third-order valence-corrected chi connectivity index (χ3v) is 4.05. The van der Waals surface area contributed by atoms with E-state index in [-0.39, 0.29) is 4.75 Å². The van der Waals surface area contributed by atoms with E-state index in [2.05, 4.69) is 37.6 Å². The van der Waals surface area contributed by atoms with E-state index >= 15 is 0 Å². The number of nitrogens with one attached hydrogen (secondary N) is 1. The fourth-order valence-electron chi connectivity index (χ4n) is 1.78. The van der Waals surface area contributed by atoms with Crippen molar-refractivity contribution in [1.82, 2.24) is 4.72 Å². The molecule has 1 aliphatic carbocycles. The van der Waals surface area contributed by atoms with Crippen LogP contribution in [-0.2, 0) is 0 Å². The second-order valence-corrected chi connectivity index (χ2v) is 7.80. The van der Waals surface area contributed by atoms with Crippen LogP contribution in [0.25, 0.3) is 0 Å². The minimum Gasteiger partial charge on any atom is -0.256 e. The molecule has 1 saturated carbocycles. The highest BCUT2D eigenvalue weighted by Crippen LogP contribution is 2.43. The van der Waals surface area contributed by atoms with Gasteiger partial charge in [-0.15, -0.1) is 0 Å². The SMILES string of the molecule is CC(C)(C)SNC(c1ccc(Cl)cc1)C1CC1. The van der Waals surface area contributed by atoms with Crippen LogP contribution in [0.5, 0.6) is 0 Å². The molecule has 0 aliphatic heterocycles. The molecule has 1 N–H and O–H groups in total. The maximum Gasteiger partial charge on any atom is 0.0449 e. The highest BCUT2D eigenvalue weighted by Gasteiger charge is 2.33. The molecule has 0 bridgehead atoms. The van der Waals surface area contributed by atoms with E-state index in [1.54, 1.807) is 0 Å². The molecule has 0 spiro atoms. The van der Waals surface area contributed by atoms with Crippen molar-refractivity contribution in [2.45, 2.75) is 44.4 Å². The summed E-state index contributed by atoms with van der Waals surface area (Å²) in [7, 11) is 0. The monoisotopic (exact) mass is 269 g/mol. The molecule has 1 atom stereocenters. The Morgan fingerprint density at radius 2 is 1.82 bits per heavy atom. The zero-order valence-corrected chi connectivity index (χ0v) is 12.2. The molecular weight excluding hydrogens is 250 g/mol. The first kappa shape index (κ1) is 13.3. The van der Waals surface area contributed by atoms with E-state index in [1.165, 1.54) is 18.4 Å². The Balaban J connectivity index is 2.04. The fraction of sp³-hybridized carbons (Fsp3) is 0.571. The van der Waals surface area contributed by atoms with E-state index in [1.807, 2.05) is 24.1 Å². The lowest BCUT2D eigenvalue weighted by Crippen LogP contribution is -2.23. The normalized spacial score (nSPS) is 18.1. The summed E-state index contributed by atoms with van der Waals surface area (Å²) in [4.78, 5) is 0. The van der Waals surface area contributed by atoms with Gasteiger partial charge in [0.25, 0.3) is 0 Å². The van der Waals surface area contributed by atoms with Crippen LogP contribution in [0, 0.1) is 5.92 Å². The molecule has 1 aliphatic rings. The highest BCUT2D eigenvalue weighted by atomic mass is 35.5. The van der Waals surface area contributed by atoms with Crippen molar-refractivity contribution in [1.29, 1.82) is 0 Å². The van der Waals surface area contributed by atoms with E-state index < -0.39 is 0 Å². The van der Waals surface area contributed by atoms with Crippen molar-refractivity contribution >= 4 is 23.5 Å². The van der Waals surface area contributed by atoms with Crippen LogP contribution in [0.1, 0.15) is 45.2 Å². The molecule has 3 heteroatoms. The van der Waals surface area contributed by atoms with Crippen molar-refractivity contribution < 1.29 is 0 Å². The van der Waals surface area contributed by atoms with Crippen molar-refractivity contribution in [3.05, 3.63) is 34.9 Å². The minimum atomic E-state index is 0.250. The number of hydrogen-bond donors (Lipinski definition) is 1. The van der Waals surface area contributed by atoms with Crippen LogP contribution >= 0.6 is 23.5 Å². The molecule has 1 nitrogen and oxygen atoms in total. The topological polar surface area (TPSA) is 12.0 Å². The van der Waals surface area contributed by atoms with Gasteiger partial charge in [-0.1, -0.05) is 35.7 Å². The van der Waals surface area contributed by atoms with Gasteiger partial charge in [0.2, 0.25) is 0 Å². The maximum atomic E-state index is 5.94. The average Bonchev–Trinajstić information content (AvgIpc) is 3.03. The lowest BCUT2D eigenvalue weighted by Gasteiger charge is -2.24. The lowest BCUT2D eigenvalue weighted by atomic mass is 10.0. The van der Waals surface area contributed by atoms with Crippen molar-refractivity contribution in [3.63, 3.8) is 0 Å². The van der Waals surface area contributed by atoms with E-state index in [9.17, 15) is 0 Å². The van der Waals surface area contributed by atoms with Crippen LogP contribution in [0.3, 0.4) is 0 Å². The summed E-state index contributed by atoms with van der Waals surface area (Å²) >= 11 is 7.76. The average molecular weight is 270 g/mol. The summed E-state index contributed by atoms with van der Waals surface area (Å²) in [5.74, 6) is 0.797. The van der Waals surface area contributed by atoms with Gasteiger partial charge in [-0.25, -0.2) is 0 Å².